The van der Waals surface area contributed by atoms with E-state index in [1.54, 1.807) is 66.1 Å². The average Bonchev–Trinajstić information content (AvgIpc) is 3.59. The van der Waals surface area contributed by atoms with E-state index >= 15 is 0 Å². The first-order valence-electron chi connectivity index (χ1n) is 12.6. The molecule has 0 unspecified atom stereocenters. The fourth-order valence-electron chi connectivity index (χ4n) is 4.41. The normalized spacial score (nSPS) is 16.0. The smallest absolute Gasteiger partial charge is 0.257 e. The van der Waals surface area contributed by atoms with Gasteiger partial charge in [-0.3, -0.25) is 14.3 Å². The second kappa shape index (κ2) is 10.3. The van der Waals surface area contributed by atoms with E-state index < -0.39 is 5.60 Å². The van der Waals surface area contributed by atoms with E-state index in [1.165, 1.54) is 0 Å². The molecule has 1 heterocycles. The fourth-order valence-corrected chi connectivity index (χ4v) is 4.41. The summed E-state index contributed by atoms with van der Waals surface area (Å²) in [6, 6.07) is 14.1. The zero-order chi connectivity index (χ0) is 26.0. The van der Waals surface area contributed by atoms with Crippen LogP contribution >= 0.6 is 0 Å². The molecule has 0 aliphatic heterocycles. The van der Waals surface area contributed by atoms with Crippen molar-refractivity contribution in [2.45, 2.75) is 44.6 Å². The Hall–Kier alpha value is -3.85. The number of ether oxygens (including phenoxy) is 2. The van der Waals surface area contributed by atoms with Crippen molar-refractivity contribution >= 4 is 23.3 Å². The monoisotopic (exact) mass is 504 g/mol. The van der Waals surface area contributed by atoms with Gasteiger partial charge in [-0.1, -0.05) is 0 Å². The van der Waals surface area contributed by atoms with Gasteiger partial charge in [-0.05, 0) is 74.4 Å². The molecule has 3 aromatic rings. The van der Waals surface area contributed by atoms with Crippen molar-refractivity contribution in [1.82, 2.24) is 9.78 Å². The summed E-state index contributed by atoms with van der Waals surface area (Å²) in [6.07, 6.45) is 6.55. The number of benzene rings is 2. The van der Waals surface area contributed by atoms with Gasteiger partial charge in [0, 0.05) is 50.1 Å². The number of nitrogens with zero attached hydrogens (tertiary/aromatic N) is 3. The van der Waals surface area contributed by atoms with Gasteiger partial charge in [-0.25, -0.2) is 0 Å². The molecule has 5 rings (SSSR count). The molecule has 0 atom stereocenters. The van der Waals surface area contributed by atoms with Gasteiger partial charge in [0.15, 0.2) is 5.82 Å². The van der Waals surface area contributed by atoms with Gasteiger partial charge in [0.05, 0.1) is 6.61 Å². The number of aliphatic hydroxyl groups excluding tert-OH is 1. The minimum Gasteiger partial charge on any atom is -0.485 e. The van der Waals surface area contributed by atoms with E-state index in [0.717, 1.165) is 44.3 Å². The first-order chi connectivity index (χ1) is 17.8. The van der Waals surface area contributed by atoms with Crippen LogP contribution in [0.15, 0.2) is 54.7 Å². The van der Waals surface area contributed by atoms with Gasteiger partial charge >= 0.3 is 0 Å². The number of aromatic nitrogens is 2. The van der Waals surface area contributed by atoms with Gasteiger partial charge in [0.25, 0.3) is 5.91 Å². The molecule has 0 spiro atoms. The maximum Gasteiger partial charge on any atom is 0.257 e. The van der Waals surface area contributed by atoms with Crippen molar-refractivity contribution < 1.29 is 24.2 Å². The Morgan fingerprint density at radius 2 is 1.84 bits per heavy atom. The lowest BCUT2D eigenvalue weighted by molar-refractivity contribution is -0.116. The number of amides is 2. The molecule has 2 aliphatic carbocycles. The summed E-state index contributed by atoms with van der Waals surface area (Å²) in [6.45, 7) is 2.22. The summed E-state index contributed by atoms with van der Waals surface area (Å²) in [5.74, 6) is 2.11. The number of anilines is 2. The zero-order valence-corrected chi connectivity index (χ0v) is 21.1. The first kappa shape index (κ1) is 24.8. The Kier molecular flexibility index (Phi) is 6.88. The van der Waals surface area contributed by atoms with E-state index in [9.17, 15) is 14.7 Å². The number of aliphatic hydroxyl groups is 1. The van der Waals surface area contributed by atoms with Crippen molar-refractivity contribution in [2.75, 3.05) is 23.4 Å². The van der Waals surface area contributed by atoms with Crippen LogP contribution in [0, 0.1) is 5.92 Å². The largest absolute Gasteiger partial charge is 0.485 e. The highest BCUT2D eigenvalue weighted by Gasteiger charge is 2.39. The standard InChI is InChI=1S/C28H32N4O5/c1-19(34)32(17-20-4-5-20)22-6-8-23(9-7-22)36-24-14-21(27(35)29-26-10-13-31(2)30-26)15-25(16-24)37-28(18-33)11-3-12-28/h6-10,13-16,20,33H,3-5,11-12,17-18H2,1-2H3,(H,29,30,35). The summed E-state index contributed by atoms with van der Waals surface area (Å²) in [5.41, 5.74) is 0.538. The molecule has 37 heavy (non-hydrogen) atoms. The van der Waals surface area contributed by atoms with E-state index in [0.29, 0.717) is 34.5 Å². The zero-order valence-electron chi connectivity index (χ0n) is 21.1. The SMILES string of the molecule is CC(=O)N(CC1CC1)c1ccc(Oc2cc(OC3(CO)CCC3)cc(C(=O)Nc3ccn(C)n3)c2)cc1. The van der Waals surface area contributed by atoms with Gasteiger partial charge in [0.1, 0.15) is 22.8 Å². The molecule has 0 radical (unpaired) electrons. The lowest BCUT2D eigenvalue weighted by atomic mass is 9.80. The van der Waals surface area contributed by atoms with E-state index in [4.69, 9.17) is 9.47 Å². The van der Waals surface area contributed by atoms with Crippen LogP contribution < -0.4 is 19.7 Å². The Morgan fingerprint density at radius 1 is 1.11 bits per heavy atom. The molecule has 9 heteroatoms. The fraction of sp³-hybridized carbons (Fsp3) is 0.393. The molecular weight excluding hydrogens is 472 g/mol. The lowest BCUT2D eigenvalue weighted by Gasteiger charge is -2.40. The number of hydrogen-bond acceptors (Lipinski definition) is 6. The third kappa shape index (κ3) is 5.94. The molecule has 2 aromatic carbocycles. The predicted octanol–water partition coefficient (Wildman–Crippen LogP) is 4.52. The molecule has 2 N–H and O–H groups in total. The molecular formula is C28H32N4O5. The van der Waals surface area contributed by atoms with Crippen molar-refractivity contribution in [3.8, 4) is 17.2 Å². The summed E-state index contributed by atoms with van der Waals surface area (Å²) in [7, 11) is 1.77. The Morgan fingerprint density at radius 3 is 2.41 bits per heavy atom. The second-order valence-electron chi connectivity index (χ2n) is 9.99. The highest BCUT2D eigenvalue weighted by Crippen LogP contribution is 2.38. The molecule has 2 amide bonds. The second-order valence-corrected chi connectivity index (χ2v) is 9.99. The number of carbonyl (C=O) groups excluding carboxylic acids is 2. The van der Waals surface area contributed by atoms with Crippen LogP contribution in [0.25, 0.3) is 0 Å². The third-order valence-corrected chi connectivity index (χ3v) is 6.89. The Balaban J connectivity index is 1.37. The maximum absolute atomic E-state index is 13.0. The molecule has 2 saturated carbocycles. The van der Waals surface area contributed by atoms with Gasteiger partial charge in [-0.15, -0.1) is 0 Å². The number of carbonyl (C=O) groups is 2. The molecule has 0 bridgehead atoms. The van der Waals surface area contributed by atoms with Crippen LogP contribution in [-0.2, 0) is 11.8 Å². The van der Waals surface area contributed by atoms with E-state index in [-0.39, 0.29) is 18.4 Å². The van der Waals surface area contributed by atoms with Crippen LogP contribution in [0.3, 0.4) is 0 Å². The van der Waals surface area contributed by atoms with Crippen LogP contribution in [0.1, 0.15) is 49.4 Å². The topological polar surface area (TPSA) is 106 Å². The number of nitrogens with one attached hydrogen (secondary N) is 1. The number of rotatable bonds is 10. The van der Waals surface area contributed by atoms with Crippen molar-refractivity contribution in [1.29, 1.82) is 0 Å². The van der Waals surface area contributed by atoms with E-state index in [1.807, 2.05) is 12.1 Å². The van der Waals surface area contributed by atoms with Gasteiger partial charge in [0.2, 0.25) is 5.91 Å². The minimum absolute atomic E-state index is 0.0165. The summed E-state index contributed by atoms with van der Waals surface area (Å²) in [4.78, 5) is 27.0. The summed E-state index contributed by atoms with van der Waals surface area (Å²) >= 11 is 0. The summed E-state index contributed by atoms with van der Waals surface area (Å²) < 4.78 is 13.9. The van der Waals surface area contributed by atoms with Crippen LogP contribution in [0.2, 0.25) is 0 Å². The Labute approximate surface area is 216 Å². The highest BCUT2D eigenvalue weighted by molar-refractivity contribution is 6.04. The molecule has 2 fully saturated rings. The molecule has 0 saturated heterocycles. The van der Waals surface area contributed by atoms with Crippen LogP contribution in [0.4, 0.5) is 11.5 Å². The first-order valence-corrected chi connectivity index (χ1v) is 12.6. The number of aryl methyl sites for hydroxylation is 1. The molecule has 2 aliphatic rings. The highest BCUT2D eigenvalue weighted by atomic mass is 16.5. The molecule has 194 valence electrons. The van der Waals surface area contributed by atoms with Crippen molar-refractivity contribution in [3.63, 3.8) is 0 Å². The minimum atomic E-state index is -0.632. The predicted molar refractivity (Wildman–Crippen MR) is 139 cm³/mol. The van der Waals surface area contributed by atoms with Crippen molar-refractivity contribution in [3.05, 3.63) is 60.3 Å². The maximum atomic E-state index is 13.0. The van der Waals surface area contributed by atoms with Crippen LogP contribution in [0.5, 0.6) is 17.2 Å². The molecule has 1 aromatic heterocycles. The van der Waals surface area contributed by atoms with E-state index in [2.05, 4.69) is 10.4 Å². The number of hydrogen-bond donors (Lipinski definition) is 2. The summed E-state index contributed by atoms with van der Waals surface area (Å²) in [5, 5.41) is 16.9. The third-order valence-electron chi connectivity index (χ3n) is 6.89. The van der Waals surface area contributed by atoms with Crippen LogP contribution in [-0.4, -0.2) is 45.5 Å². The molecule has 9 nitrogen and oxygen atoms in total. The Bertz CT molecular complexity index is 1270. The quantitative estimate of drug-likeness (QED) is 0.421. The van der Waals surface area contributed by atoms with Gasteiger partial charge in [-0.2, -0.15) is 5.10 Å². The average molecular weight is 505 g/mol. The lowest BCUT2D eigenvalue weighted by Crippen LogP contribution is -2.46. The van der Waals surface area contributed by atoms with Crippen molar-refractivity contribution in [2.24, 2.45) is 13.0 Å². The van der Waals surface area contributed by atoms with Gasteiger partial charge < -0.3 is 24.8 Å².